The van der Waals surface area contributed by atoms with Gasteiger partial charge in [0.2, 0.25) is 0 Å². The fourth-order valence-electron chi connectivity index (χ4n) is 2.83. The van der Waals surface area contributed by atoms with Crippen molar-refractivity contribution in [3.8, 4) is 5.75 Å². The zero-order chi connectivity index (χ0) is 20.5. The van der Waals surface area contributed by atoms with Crippen LogP contribution in [0.5, 0.6) is 5.75 Å². The molecule has 2 aromatic rings. The summed E-state index contributed by atoms with van der Waals surface area (Å²) in [6, 6.07) is 13.4. The molecular formula is C22H29N3O3. The van der Waals surface area contributed by atoms with Crippen molar-refractivity contribution < 1.29 is 14.3 Å². The molecule has 0 saturated carbocycles. The van der Waals surface area contributed by atoms with E-state index in [2.05, 4.69) is 41.5 Å². The van der Waals surface area contributed by atoms with E-state index in [0.29, 0.717) is 18.0 Å². The van der Waals surface area contributed by atoms with Gasteiger partial charge < -0.3 is 15.4 Å². The first kappa shape index (κ1) is 21.4. The van der Waals surface area contributed by atoms with Gasteiger partial charge in [-0.2, -0.15) is 0 Å². The molecule has 0 unspecified atom stereocenters. The number of nitrogens with one attached hydrogen (secondary N) is 2. The molecule has 0 bridgehead atoms. The number of hydrogen-bond acceptors (Lipinski definition) is 4. The summed E-state index contributed by atoms with van der Waals surface area (Å²) in [6.07, 6.45) is 0. The Morgan fingerprint density at radius 3 is 2.21 bits per heavy atom. The molecule has 2 aromatic carbocycles. The Morgan fingerprint density at radius 2 is 1.61 bits per heavy atom. The van der Waals surface area contributed by atoms with Crippen LogP contribution in [0.15, 0.2) is 42.5 Å². The monoisotopic (exact) mass is 383 g/mol. The van der Waals surface area contributed by atoms with Crippen LogP contribution in [-0.2, 0) is 22.7 Å². The maximum atomic E-state index is 12.2. The topological polar surface area (TPSA) is 70.7 Å². The second-order valence-corrected chi connectivity index (χ2v) is 6.62. The van der Waals surface area contributed by atoms with Gasteiger partial charge in [-0.3, -0.25) is 14.5 Å². The summed E-state index contributed by atoms with van der Waals surface area (Å²) in [7, 11) is 1.52. The standard InChI is InChI=1S/C22H29N3O3/c1-5-25(6-2)15-18-10-8-17(9-11-18)14-23-21(26)22(27)24-19-13-16(3)7-12-20(19)28-4/h7-13H,5-6,14-15H2,1-4H3,(H,23,26)(H,24,27). The van der Waals surface area contributed by atoms with Gasteiger partial charge in [-0.25, -0.2) is 0 Å². The van der Waals surface area contributed by atoms with E-state index < -0.39 is 11.8 Å². The molecule has 0 aliphatic rings. The quantitative estimate of drug-likeness (QED) is 0.687. The molecule has 0 aromatic heterocycles. The lowest BCUT2D eigenvalue weighted by Gasteiger charge is -2.18. The Balaban J connectivity index is 1.89. The first-order valence-electron chi connectivity index (χ1n) is 9.50. The predicted octanol–water partition coefficient (Wildman–Crippen LogP) is 3.10. The van der Waals surface area contributed by atoms with Crippen molar-refractivity contribution in [2.45, 2.75) is 33.9 Å². The van der Waals surface area contributed by atoms with Crippen molar-refractivity contribution in [1.82, 2.24) is 10.2 Å². The normalized spacial score (nSPS) is 10.6. The number of methoxy groups -OCH3 is 1. The van der Waals surface area contributed by atoms with Gasteiger partial charge >= 0.3 is 11.8 Å². The summed E-state index contributed by atoms with van der Waals surface area (Å²) in [5, 5.41) is 5.25. The minimum Gasteiger partial charge on any atom is -0.495 e. The molecule has 0 atom stereocenters. The molecule has 2 amide bonds. The summed E-state index contributed by atoms with van der Waals surface area (Å²) in [6.45, 7) is 9.40. The van der Waals surface area contributed by atoms with Crippen molar-refractivity contribution in [1.29, 1.82) is 0 Å². The molecule has 0 aliphatic carbocycles. The van der Waals surface area contributed by atoms with Crippen LogP contribution in [-0.4, -0.2) is 36.9 Å². The van der Waals surface area contributed by atoms with E-state index in [1.54, 1.807) is 12.1 Å². The predicted molar refractivity (Wildman–Crippen MR) is 111 cm³/mol. The average Bonchev–Trinajstić information content (AvgIpc) is 2.71. The Labute approximate surface area is 166 Å². The average molecular weight is 383 g/mol. The van der Waals surface area contributed by atoms with Crippen LogP contribution in [0.4, 0.5) is 5.69 Å². The molecule has 28 heavy (non-hydrogen) atoms. The highest BCUT2D eigenvalue weighted by atomic mass is 16.5. The number of nitrogens with zero attached hydrogens (tertiary/aromatic N) is 1. The number of rotatable bonds is 8. The molecule has 0 aliphatic heterocycles. The van der Waals surface area contributed by atoms with Gasteiger partial charge in [0.05, 0.1) is 12.8 Å². The van der Waals surface area contributed by atoms with Gasteiger partial charge in [-0.05, 0) is 48.8 Å². The minimum atomic E-state index is -0.720. The molecule has 2 N–H and O–H groups in total. The molecule has 6 nitrogen and oxygen atoms in total. The van der Waals surface area contributed by atoms with E-state index in [4.69, 9.17) is 4.74 Å². The van der Waals surface area contributed by atoms with Crippen molar-refractivity contribution in [2.24, 2.45) is 0 Å². The van der Waals surface area contributed by atoms with Crippen molar-refractivity contribution in [2.75, 3.05) is 25.5 Å². The fourth-order valence-corrected chi connectivity index (χ4v) is 2.83. The number of carbonyl (C=O) groups is 2. The first-order valence-corrected chi connectivity index (χ1v) is 9.50. The Morgan fingerprint density at radius 1 is 0.964 bits per heavy atom. The highest BCUT2D eigenvalue weighted by Crippen LogP contribution is 2.25. The molecule has 6 heteroatoms. The number of amides is 2. The van der Waals surface area contributed by atoms with E-state index >= 15 is 0 Å². The third-order valence-electron chi connectivity index (χ3n) is 4.59. The second-order valence-electron chi connectivity index (χ2n) is 6.62. The Hall–Kier alpha value is -2.86. The van der Waals surface area contributed by atoms with Crippen LogP contribution >= 0.6 is 0 Å². The molecule has 0 heterocycles. The van der Waals surface area contributed by atoms with Crippen LogP contribution in [0, 0.1) is 6.92 Å². The lowest BCUT2D eigenvalue weighted by atomic mass is 10.1. The highest BCUT2D eigenvalue weighted by molar-refractivity contribution is 6.39. The van der Waals surface area contributed by atoms with Crippen molar-refractivity contribution >= 4 is 17.5 Å². The minimum absolute atomic E-state index is 0.294. The van der Waals surface area contributed by atoms with Gasteiger partial charge in [0.15, 0.2) is 0 Å². The van der Waals surface area contributed by atoms with Gasteiger partial charge in [0, 0.05) is 13.1 Å². The molecule has 0 radical (unpaired) electrons. The van der Waals surface area contributed by atoms with Gasteiger partial charge in [-0.1, -0.05) is 44.2 Å². The third-order valence-corrected chi connectivity index (χ3v) is 4.59. The Bertz CT molecular complexity index is 799. The van der Waals surface area contributed by atoms with Gasteiger partial charge in [0.25, 0.3) is 0 Å². The van der Waals surface area contributed by atoms with Crippen molar-refractivity contribution in [3.63, 3.8) is 0 Å². The molecular weight excluding hydrogens is 354 g/mol. The van der Waals surface area contributed by atoms with Crippen LogP contribution < -0.4 is 15.4 Å². The molecule has 2 rings (SSSR count). The number of benzene rings is 2. The van der Waals surface area contributed by atoms with Crippen LogP contribution in [0.25, 0.3) is 0 Å². The molecule has 0 spiro atoms. The van der Waals surface area contributed by atoms with Crippen molar-refractivity contribution in [3.05, 3.63) is 59.2 Å². The van der Waals surface area contributed by atoms with E-state index in [1.807, 2.05) is 25.1 Å². The summed E-state index contributed by atoms with van der Waals surface area (Å²) < 4.78 is 5.22. The number of hydrogen-bond donors (Lipinski definition) is 2. The number of aryl methyl sites for hydroxylation is 1. The van der Waals surface area contributed by atoms with E-state index in [9.17, 15) is 9.59 Å². The summed E-state index contributed by atoms with van der Waals surface area (Å²) >= 11 is 0. The Kier molecular flexibility index (Phi) is 8.02. The highest BCUT2D eigenvalue weighted by Gasteiger charge is 2.15. The van der Waals surface area contributed by atoms with Crippen LogP contribution in [0.2, 0.25) is 0 Å². The molecule has 150 valence electrons. The van der Waals surface area contributed by atoms with Crippen LogP contribution in [0.3, 0.4) is 0 Å². The van der Waals surface area contributed by atoms with E-state index in [1.165, 1.54) is 12.7 Å². The molecule has 0 saturated heterocycles. The van der Waals surface area contributed by atoms with Crippen LogP contribution in [0.1, 0.15) is 30.5 Å². The summed E-state index contributed by atoms with van der Waals surface area (Å²) in [5.41, 5.74) is 3.60. The van der Waals surface area contributed by atoms with E-state index in [-0.39, 0.29) is 0 Å². The number of ether oxygens (including phenoxy) is 1. The lowest BCUT2D eigenvalue weighted by Crippen LogP contribution is -2.35. The lowest BCUT2D eigenvalue weighted by molar-refractivity contribution is -0.136. The maximum absolute atomic E-state index is 12.2. The summed E-state index contributed by atoms with van der Waals surface area (Å²) in [5.74, 6) is -0.895. The fraction of sp³-hybridized carbons (Fsp3) is 0.364. The zero-order valence-corrected chi connectivity index (χ0v) is 17.0. The zero-order valence-electron chi connectivity index (χ0n) is 17.0. The maximum Gasteiger partial charge on any atom is 0.313 e. The smallest absolute Gasteiger partial charge is 0.313 e. The first-order chi connectivity index (χ1) is 13.5. The third kappa shape index (κ3) is 6.09. The largest absolute Gasteiger partial charge is 0.495 e. The van der Waals surface area contributed by atoms with Gasteiger partial charge in [0.1, 0.15) is 5.75 Å². The number of carbonyl (C=O) groups excluding carboxylic acids is 2. The van der Waals surface area contributed by atoms with E-state index in [0.717, 1.165) is 30.8 Å². The summed E-state index contributed by atoms with van der Waals surface area (Å²) in [4.78, 5) is 26.6. The molecule has 0 fully saturated rings. The van der Waals surface area contributed by atoms with Gasteiger partial charge in [-0.15, -0.1) is 0 Å². The number of anilines is 1. The SMILES string of the molecule is CCN(CC)Cc1ccc(CNC(=O)C(=O)Nc2cc(C)ccc2OC)cc1. The second kappa shape index (κ2) is 10.5.